The fourth-order valence-corrected chi connectivity index (χ4v) is 2.13. The summed E-state index contributed by atoms with van der Waals surface area (Å²) in [7, 11) is 0. The van der Waals surface area contributed by atoms with Crippen LogP contribution in [0.5, 0.6) is 0 Å². The molecule has 2 heterocycles. The first-order valence-electron chi connectivity index (χ1n) is 7.10. The van der Waals surface area contributed by atoms with Crippen molar-refractivity contribution < 1.29 is 13.3 Å². The van der Waals surface area contributed by atoms with Crippen LogP contribution in [0, 0.1) is 5.82 Å². The van der Waals surface area contributed by atoms with Crippen molar-refractivity contribution in [2.24, 2.45) is 0 Å². The molecule has 0 saturated carbocycles. The van der Waals surface area contributed by atoms with E-state index in [1.807, 2.05) is 19.1 Å². The first kappa shape index (κ1) is 14.3. The Labute approximate surface area is 127 Å². The Hall–Kier alpha value is -2.63. The highest BCUT2D eigenvalue weighted by Crippen LogP contribution is 2.21. The lowest BCUT2D eigenvalue weighted by Gasteiger charge is -2.09. The van der Waals surface area contributed by atoms with Gasteiger partial charge in [-0.3, -0.25) is 0 Å². The summed E-state index contributed by atoms with van der Waals surface area (Å²) in [6.07, 6.45) is 3.33. The van der Waals surface area contributed by atoms with Gasteiger partial charge in [-0.15, -0.1) is 0 Å². The zero-order valence-electron chi connectivity index (χ0n) is 12.1. The van der Waals surface area contributed by atoms with Gasteiger partial charge in [0, 0.05) is 12.5 Å². The number of nitrogens with one attached hydrogen (secondary N) is 1. The number of rotatable bonds is 6. The topological polar surface area (TPSA) is 64.1 Å². The van der Waals surface area contributed by atoms with E-state index in [0.29, 0.717) is 5.56 Å². The molecule has 22 heavy (non-hydrogen) atoms. The van der Waals surface area contributed by atoms with Gasteiger partial charge in [0.25, 0.3) is 0 Å². The number of furan rings is 1. The fourth-order valence-electron chi connectivity index (χ4n) is 2.13. The van der Waals surface area contributed by atoms with E-state index in [-0.39, 0.29) is 23.7 Å². The molecule has 6 heteroatoms. The molecule has 3 rings (SSSR count). The van der Waals surface area contributed by atoms with Gasteiger partial charge in [0.15, 0.2) is 0 Å². The van der Waals surface area contributed by atoms with Gasteiger partial charge in [0.05, 0.1) is 11.8 Å². The van der Waals surface area contributed by atoms with E-state index in [2.05, 4.69) is 15.5 Å². The standard InChI is InChI=1S/C16H16FN3O2/c1-11(8-9-12-5-4-10-21-12)18-16-19-15(20-22-16)13-6-2-3-7-14(13)17/h2-7,10-11H,8-9H2,1H3,(H,18,19,20). The number of nitrogens with zero attached hydrogens (tertiary/aromatic N) is 2. The Balaban J connectivity index is 1.60. The summed E-state index contributed by atoms with van der Waals surface area (Å²) in [6, 6.07) is 10.5. The molecule has 0 aliphatic rings. The van der Waals surface area contributed by atoms with Crippen molar-refractivity contribution in [2.75, 3.05) is 5.32 Å². The van der Waals surface area contributed by atoms with Crippen LogP contribution in [0.2, 0.25) is 0 Å². The van der Waals surface area contributed by atoms with Gasteiger partial charge in [-0.25, -0.2) is 4.39 Å². The maximum Gasteiger partial charge on any atom is 0.322 e. The summed E-state index contributed by atoms with van der Waals surface area (Å²) in [5, 5.41) is 6.91. The zero-order chi connectivity index (χ0) is 15.4. The van der Waals surface area contributed by atoms with Crippen molar-refractivity contribution in [1.29, 1.82) is 0 Å². The lowest BCUT2D eigenvalue weighted by atomic mass is 10.1. The molecule has 5 nitrogen and oxygen atoms in total. The predicted octanol–water partition coefficient (Wildman–Crippen LogP) is 3.90. The van der Waals surface area contributed by atoms with Gasteiger partial charge >= 0.3 is 6.01 Å². The first-order valence-corrected chi connectivity index (χ1v) is 7.10. The normalized spacial score (nSPS) is 12.3. The summed E-state index contributed by atoms with van der Waals surface area (Å²) >= 11 is 0. The maximum absolute atomic E-state index is 13.7. The molecule has 1 N–H and O–H groups in total. The zero-order valence-corrected chi connectivity index (χ0v) is 12.1. The minimum atomic E-state index is -0.374. The Morgan fingerprint density at radius 2 is 2.09 bits per heavy atom. The van der Waals surface area contributed by atoms with E-state index < -0.39 is 0 Å². The maximum atomic E-state index is 13.7. The van der Waals surface area contributed by atoms with Crippen molar-refractivity contribution in [3.8, 4) is 11.4 Å². The van der Waals surface area contributed by atoms with Gasteiger partial charge in [-0.05, 0) is 37.6 Å². The number of anilines is 1. The van der Waals surface area contributed by atoms with Crippen LogP contribution in [0.3, 0.4) is 0 Å². The smallest absolute Gasteiger partial charge is 0.322 e. The average Bonchev–Trinajstić information content (AvgIpc) is 3.17. The molecule has 1 atom stereocenters. The van der Waals surface area contributed by atoms with Gasteiger partial charge in [-0.2, -0.15) is 4.98 Å². The highest BCUT2D eigenvalue weighted by molar-refractivity contribution is 5.56. The van der Waals surface area contributed by atoms with E-state index >= 15 is 0 Å². The van der Waals surface area contributed by atoms with Crippen molar-refractivity contribution in [1.82, 2.24) is 10.1 Å². The van der Waals surface area contributed by atoms with Crippen LogP contribution in [0.25, 0.3) is 11.4 Å². The lowest BCUT2D eigenvalue weighted by molar-refractivity contribution is 0.425. The summed E-state index contributed by atoms with van der Waals surface area (Å²) in [5.74, 6) is 0.797. The van der Waals surface area contributed by atoms with Crippen LogP contribution >= 0.6 is 0 Å². The van der Waals surface area contributed by atoms with E-state index in [1.54, 1.807) is 24.5 Å². The third-order valence-corrected chi connectivity index (χ3v) is 3.31. The number of hydrogen-bond donors (Lipinski definition) is 1. The number of halogens is 1. The Bertz CT molecular complexity index is 725. The Morgan fingerprint density at radius 1 is 1.23 bits per heavy atom. The number of aromatic nitrogens is 2. The van der Waals surface area contributed by atoms with Crippen molar-refractivity contribution in [2.45, 2.75) is 25.8 Å². The molecule has 3 aromatic rings. The van der Waals surface area contributed by atoms with Crippen molar-refractivity contribution in [3.05, 3.63) is 54.2 Å². The van der Waals surface area contributed by atoms with E-state index in [1.165, 1.54) is 6.07 Å². The van der Waals surface area contributed by atoms with Crippen LogP contribution in [-0.4, -0.2) is 16.2 Å². The highest BCUT2D eigenvalue weighted by atomic mass is 19.1. The number of aryl methyl sites for hydroxylation is 1. The van der Waals surface area contributed by atoms with Crippen LogP contribution in [0.15, 0.2) is 51.6 Å². The minimum Gasteiger partial charge on any atom is -0.469 e. The fraction of sp³-hybridized carbons (Fsp3) is 0.250. The van der Waals surface area contributed by atoms with Crippen LogP contribution < -0.4 is 5.32 Å². The Morgan fingerprint density at radius 3 is 2.86 bits per heavy atom. The molecular weight excluding hydrogens is 285 g/mol. The van der Waals surface area contributed by atoms with Crippen molar-refractivity contribution in [3.63, 3.8) is 0 Å². The average molecular weight is 301 g/mol. The molecule has 0 fully saturated rings. The summed E-state index contributed by atoms with van der Waals surface area (Å²) in [5.41, 5.74) is 0.322. The van der Waals surface area contributed by atoms with Crippen LogP contribution in [0.1, 0.15) is 19.1 Å². The van der Waals surface area contributed by atoms with Crippen LogP contribution in [0.4, 0.5) is 10.4 Å². The molecule has 0 aliphatic carbocycles. The van der Waals surface area contributed by atoms with Gasteiger partial charge in [0.1, 0.15) is 11.6 Å². The molecule has 0 radical (unpaired) electrons. The van der Waals surface area contributed by atoms with Crippen LogP contribution in [-0.2, 0) is 6.42 Å². The monoisotopic (exact) mass is 301 g/mol. The summed E-state index contributed by atoms with van der Waals surface area (Å²) < 4.78 is 24.1. The third-order valence-electron chi connectivity index (χ3n) is 3.31. The molecule has 0 aliphatic heterocycles. The molecule has 1 unspecified atom stereocenters. The molecule has 114 valence electrons. The minimum absolute atomic E-state index is 0.124. The molecule has 0 bridgehead atoms. The lowest BCUT2D eigenvalue weighted by Crippen LogP contribution is -2.16. The molecule has 0 spiro atoms. The van der Waals surface area contributed by atoms with Gasteiger partial charge in [-0.1, -0.05) is 17.3 Å². The molecule has 2 aromatic heterocycles. The van der Waals surface area contributed by atoms with Crippen molar-refractivity contribution >= 4 is 6.01 Å². The highest BCUT2D eigenvalue weighted by Gasteiger charge is 2.13. The SMILES string of the molecule is CC(CCc1ccco1)Nc1nc(-c2ccccc2F)no1. The summed E-state index contributed by atoms with van der Waals surface area (Å²) in [4.78, 5) is 4.17. The second kappa shape index (κ2) is 6.43. The third kappa shape index (κ3) is 3.33. The second-order valence-corrected chi connectivity index (χ2v) is 5.07. The largest absolute Gasteiger partial charge is 0.469 e. The molecule has 0 saturated heterocycles. The first-order chi connectivity index (χ1) is 10.7. The molecule has 1 aromatic carbocycles. The number of hydrogen-bond acceptors (Lipinski definition) is 5. The molecular formula is C16H16FN3O2. The summed E-state index contributed by atoms with van der Waals surface area (Å²) in [6.45, 7) is 2.01. The predicted molar refractivity (Wildman–Crippen MR) is 79.8 cm³/mol. The van der Waals surface area contributed by atoms with E-state index in [9.17, 15) is 4.39 Å². The van der Waals surface area contributed by atoms with Gasteiger partial charge < -0.3 is 14.3 Å². The Kier molecular flexibility index (Phi) is 4.18. The quantitative estimate of drug-likeness (QED) is 0.748. The van der Waals surface area contributed by atoms with E-state index in [0.717, 1.165) is 18.6 Å². The second-order valence-electron chi connectivity index (χ2n) is 5.07. The molecule has 0 amide bonds. The van der Waals surface area contributed by atoms with E-state index in [4.69, 9.17) is 8.94 Å². The van der Waals surface area contributed by atoms with Gasteiger partial charge in [0.2, 0.25) is 5.82 Å². The number of benzene rings is 1.